The number of nitrogens with zero attached hydrogens (tertiary/aromatic N) is 2. The first kappa shape index (κ1) is 21.7. The van der Waals surface area contributed by atoms with Gasteiger partial charge in [0.25, 0.3) is 0 Å². The summed E-state index contributed by atoms with van der Waals surface area (Å²) in [5.74, 6) is 0.332. The summed E-state index contributed by atoms with van der Waals surface area (Å²) in [7, 11) is 0. The number of Topliss-reactive ketones (excluding diaryl/α,β-unsaturated/α-hetero) is 2. The zero-order valence-electron chi connectivity index (χ0n) is 17.2. The number of hydrogen-bond acceptors (Lipinski definition) is 5. The van der Waals surface area contributed by atoms with Crippen molar-refractivity contribution in [1.82, 2.24) is 9.80 Å². The van der Waals surface area contributed by atoms with Crippen LogP contribution in [0.5, 0.6) is 0 Å². The van der Waals surface area contributed by atoms with Gasteiger partial charge in [-0.3, -0.25) is 19.2 Å². The molecular formula is C22H30N2O4S. The zero-order valence-corrected chi connectivity index (χ0v) is 18.0. The monoisotopic (exact) mass is 418 g/mol. The second-order valence-corrected chi connectivity index (χ2v) is 9.35. The first-order valence-electron chi connectivity index (χ1n) is 10.6. The predicted molar refractivity (Wildman–Crippen MR) is 112 cm³/mol. The van der Waals surface area contributed by atoms with Crippen molar-refractivity contribution in [3.63, 3.8) is 0 Å². The smallest absolute Gasteiger partial charge is 0.225 e. The highest BCUT2D eigenvalue weighted by Crippen LogP contribution is 2.27. The SMILES string of the molecule is Cc1ccc(C(=O)CCC(=O)CCC(=O)N2CCN(C(=O)C3CCCC3)CC2)s1. The van der Waals surface area contributed by atoms with Crippen LogP contribution in [0.2, 0.25) is 0 Å². The number of ketones is 2. The lowest BCUT2D eigenvalue weighted by molar-refractivity contribution is -0.142. The zero-order chi connectivity index (χ0) is 20.8. The van der Waals surface area contributed by atoms with Gasteiger partial charge in [0.1, 0.15) is 5.78 Å². The first-order chi connectivity index (χ1) is 13.9. The van der Waals surface area contributed by atoms with Gasteiger partial charge < -0.3 is 9.80 Å². The fourth-order valence-electron chi connectivity index (χ4n) is 4.10. The Morgan fingerprint density at radius 3 is 2.14 bits per heavy atom. The molecule has 3 rings (SSSR count). The summed E-state index contributed by atoms with van der Waals surface area (Å²) in [5, 5.41) is 0. The molecule has 0 atom stereocenters. The molecule has 2 amide bonds. The van der Waals surface area contributed by atoms with Gasteiger partial charge in [-0.05, 0) is 31.9 Å². The molecule has 158 valence electrons. The van der Waals surface area contributed by atoms with Crippen molar-refractivity contribution in [2.24, 2.45) is 5.92 Å². The van der Waals surface area contributed by atoms with E-state index in [0.717, 1.165) is 30.6 Å². The molecule has 29 heavy (non-hydrogen) atoms. The summed E-state index contributed by atoms with van der Waals surface area (Å²) in [6.07, 6.45) is 5.02. The Bertz CT molecular complexity index is 759. The molecule has 7 heteroatoms. The molecule has 0 unspecified atom stereocenters. The maximum absolute atomic E-state index is 12.5. The minimum absolute atomic E-state index is 0.00849. The molecule has 2 aliphatic rings. The quantitative estimate of drug-likeness (QED) is 0.608. The van der Waals surface area contributed by atoms with E-state index in [1.54, 1.807) is 11.0 Å². The van der Waals surface area contributed by atoms with Crippen LogP contribution < -0.4 is 0 Å². The number of thiophene rings is 1. The summed E-state index contributed by atoms with van der Waals surface area (Å²) < 4.78 is 0. The Morgan fingerprint density at radius 1 is 0.897 bits per heavy atom. The van der Waals surface area contributed by atoms with Crippen LogP contribution in [0, 0.1) is 12.8 Å². The average Bonchev–Trinajstić information content (AvgIpc) is 3.41. The topological polar surface area (TPSA) is 74.8 Å². The first-order valence-corrected chi connectivity index (χ1v) is 11.4. The summed E-state index contributed by atoms with van der Waals surface area (Å²) >= 11 is 1.44. The molecule has 0 bridgehead atoms. The van der Waals surface area contributed by atoms with Crippen molar-refractivity contribution in [2.45, 2.75) is 58.3 Å². The third kappa shape index (κ3) is 5.98. The van der Waals surface area contributed by atoms with Crippen LogP contribution in [0.25, 0.3) is 0 Å². The van der Waals surface area contributed by atoms with Crippen LogP contribution in [0.3, 0.4) is 0 Å². The standard InChI is InChI=1S/C22H30N2O4S/c1-16-6-10-20(29-16)19(26)9-7-18(25)8-11-21(27)23-12-14-24(15-13-23)22(28)17-4-2-3-5-17/h6,10,17H,2-5,7-9,11-15H2,1H3. The largest absolute Gasteiger partial charge is 0.339 e. The van der Waals surface area contributed by atoms with Crippen molar-refractivity contribution < 1.29 is 19.2 Å². The summed E-state index contributed by atoms with van der Waals surface area (Å²) in [6.45, 7) is 4.21. The number of aryl methyl sites for hydroxylation is 1. The number of carbonyl (C=O) groups is 4. The van der Waals surface area contributed by atoms with E-state index in [9.17, 15) is 19.2 Å². The van der Waals surface area contributed by atoms with E-state index >= 15 is 0 Å². The van der Waals surface area contributed by atoms with E-state index < -0.39 is 0 Å². The Labute approximate surface area is 176 Å². The third-order valence-electron chi connectivity index (χ3n) is 5.91. The van der Waals surface area contributed by atoms with E-state index in [1.165, 1.54) is 11.3 Å². The Balaban J connectivity index is 1.33. The molecule has 0 aromatic carbocycles. The maximum atomic E-state index is 12.5. The van der Waals surface area contributed by atoms with Gasteiger partial charge in [-0.2, -0.15) is 0 Å². The molecule has 0 N–H and O–H groups in total. The minimum atomic E-state index is -0.0463. The van der Waals surface area contributed by atoms with E-state index in [0.29, 0.717) is 31.1 Å². The number of amides is 2. The van der Waals surface area contributed by atoms with Gasteiger partial charge in [0.2, 0.25) is 11.8 Å². The maximum Gasteiger partial charge on any atom is 0.225 e. The van der Waals surface area contributed by atoms with Gasteiger partial charge in [-0.1, -0.05) is 12.8 Å². The van der Waals surface area contributed by atoms with Gasteiger partial charge in [0.05, 0.1) is 4.88 Å². The Hall–Kier alpha value is -2.02. The Kier molecular flexibility index (Phi) is 7.58. The van der Waals surface area contributed by atoms with Crippen molar-refractivity contribution in [3.05, 3.63) is 21.9 Å². The lowest BCUT2D eigenvalue weighted by Crippen LogP contribution is -2.51. The number of carbonyl (C=O) groups excluding carboxylic acids is 4. The highest BCUT2D eigenvalue weighted by Gasteiger charge is 2.30. The molecule has 2 heterocycles. The molecule has 2 fully saturated rings. The van der Waals surface area contributed by atoms with Gasteiger partial charge in [-0.15, -0.1) is 11.3 Å². The lowest BCUT2D eigenvalue weighted by atomic mass is 10.1. The Morgan fingerprint density at radius 2 is 1.52 bits per heavy atom. The highest BCUT2D eigenvalue weighted by atomic mass is 32.1. The molecule has 0 spiro atoms. The molecule has 0 radical (unpaired) electrons. The summed E-state index contributed by atoms with van der Waals surface area (Å²) in [4.78, 5) is 54.5. The highest BCUT2D eigenvalue weighted by molar-refractivity contribution is 7.14. The second kappa shape index (κ2) is 10.1. The van der Waals surface area contributed by atoms with Gasteiger partial charge in [0, 0.05) is 62.7 Å². The molecule has 1 aromatic heterocycles. The minimum Gasteiger partial charge on any atom is -0.339 e. The van der Waals surface area contributed by atoms with Gasteiger partial charge in [0.15, 0.2) is 5.78 Å². The predicted octanol–water partition coefficient (Wildman–Crippen LogP) is 3.23. The number of hydrogen-bond donors (Lipinski definition) is 0. The number of rotatable bonds is 8. The van der Waals surface area contributed by atoms with E-state index in [2.05, 4.69) is 0 Å². The van der Waals surface area contributed by atoms with Crippen LogP contribution in [-0.4, -0.2) is 59.4 Å². The lowest BCUT2D eigenvalue weighted by Gasteiger charge is -2.36. The number of piperazine rings is 1. The van der Waals surface area contributed by atoms with E-state index in [1.807, 2.05) is 17.9 Å². The second-order valence-electron chi connectivity index (χ2n) is 8.06. The van der Waals surface area contributed by atoms with Crippen LogP contribution in [0.15, 0.2) is 12.1 Å². The molecule has 1 aliphatic carbocycles. The average molecular weight is 419 g/mol. The normalized spacial score (nSPS) is 17.6. The fourth-order valence-corrected chi connectivity index (χ4v) is 4.93. The molecule has 6 nitrogen and oxygen atoms in total. The summed E-state index contributed by atoms with van der Waals surface area (Å²) in [5.41, 5.74) is 0. The van der Waals surface area contributed by atoms with Crippen LogP contribution in [0.1, 0.15) is 65.9 Å². The van der Waals surface area contributed by atoms with E-state index in [4.69, 9.17) is 0 Å². The van der Waals surface area contributed by atoms with E-state index in [-0.39, 0.29) is 55.0 Å². The van der Waals surface area contributed by atoms with Crippen molar-refractivity contribution in [3.8, 4) is 0 Å². The molecule has 1 aromatic rings. The molecular weight excluding hydrogens is 388 g/mol. The molecule has 1 saturated heterocycles. The van der Waals surface area contributed by atoms with Crippen molar-refractivity contribution in [1.29, 1.82) is 0 Å². The molecule has 1 aliphatic heterocycles. The summed E-state index contributed by atoms with van der Waals surface area (Å²) in [6, 6.07) is 3.70. The van der Waals surface area contributed by atoms with Crippen molar-refractivity contribution >= 4 is 34.7 Å². The van der Waals surface area contributed by atoms with Crippen LogP contribution in [0.4, 0.5) is 0 Å². The van der Waals surface area contributed by atoms with Crippen LogP contribution >= 0.6 is 11.3 Å². The third-order valence-corrected chi connectivity index (χ3v) is 6.95. The molecule has 1 saturated carbocycles. The van der Waals surface area contributed by atoms with Gasteiger partial charge >= 0.3 is 0 Å². The van der Waals surface area contributed by atoms with Gasteiger partial charge in [-0.25, -0.2) is 0 Å². The fraction of sp³-hybridized carbons (Fsp3) is 0.636. The van der Waals surface area contributed by atoms with Crippen LogP contribution in [-0.2, 0) is 14.4 Å². The van der Waals surface area contributed by atoms with Crippen molar-refractivity contribution in [2.75, 3.05) is 26.2 Å².